The van der Waals surface area contributed by atoms with Crippen LogP contribution in [0.1, 0.15) is 5.56 Å². The third-order valence-corrected chi connectivity index (χ3v) is 7.49. The number of hydrogen-bond acceptors (Lipinski definition) is 4. The molecule has 124 valence electrons. The molecule has 4 nitrogen and oxygen atoms in total. The van der Waals surface area contributed by atoms with E-state index in [0.717, 1.165) is 0 Å². The predicted octanol–water partition coefficient (Wildman–Crippen LogP) is 3.05. The molecule has 0 amide bonds. The van der Waals surface area contributed by atoms with Crippen LogP contribution in [-0.2, 0) is 16.6 Å². The number of nitrogens with zero attached hydrogens (tertiary/aromatic N) is 2. The second-order valence-corrected chi connectivity index (χ2v) is 8.83. The van der Waals surface area contributed by atoms with E-state index >= 15 is 0 Å². The lowest BCUT2D eigenvalue weighted by molar-refractivity contribution is 0.180. The van der Waals surface area contributed by atoms with Crippen molar-refractivity contribution in [3.63, 3.8) is 0 Å². The maximum absolute atomic E-state index is 13.8. The van der Waals surface area contributed by atoms with Crippen molar-refractivity contribution in [2.45, 2.75) is 10.8 Å². The minimum Gasteiger partial charge on any atom is -0.296 e. The molecule has 0 unspecified atom stereocenters. The highest BCUT2D eigenvalue weighted by Gasteiger charge is 2.29. The van der Waals surface area contributed by atoms with E-state index in [4.69, 9.17) is 11.6 Å². The van der Waals surface area contributed by atoms with Crippen LogP contribution in [0.2, 0.25) is 5.02 Å². The quantitative estimate of drug-likeness (QED) is 0.825. The van der Waals surface area contributed by atoms with Gasteiger partial charge in [0.05, 0.1) is 0 Å². The molecular weight excluding hydrogens is 359 g/mol. The molecule has 0 atom stereocenters. The standard InChI is InChI=1S/C15H16ClFN2O2S2/c16-13-3-1-4-14(17)12(13)11-18-6-8-19(9-7-18)23(20,21)15-5-2-10-22-15/h1-5,10H,6-9,11H2. The van der Waals surface area contributed by atoms with Crippen LogP contribution in [0.3, 0.4) is 0 Å². The van der Waals surface area contributed by atoms with Gasteiger partial charge in [-0.1, -0.05) is 23.7 Å². The van der Waals surface area contributed by atoms with E-state index in [9.17, 15) is 12.8 Å². The molecule has 1 aliphatic rings. The van der Waals surface area contributed by atoms with Crippen molar-refractivity contribution in [3.8, 4) is 0 Å². The number of benzene rings is 1. The van der Waals surface area contributed by atoms with Crippen LogP contribution in [0.5, 0.6) is 0 Å². The molecule has 1 aromatic carbocycles. The van der Waals surface area contributed by atoms with Gasteiger partial charge in [-0.3, -0.25) is 4.90 Å². The average Bonchev–Trinajstić information content (AvgIpc) is 3.07. The van der Waals surface area contributed by atoms with Crippen LogP contribution >= 0.6 is 22.9 Å². The van der Waals surface area contributed by atoms with Crippen molar-refractivity contribution in [2.24, 2.45) is 0 Å². The van der Waals surface area contributed by atoms with Gasteiger partial charge in [-0.05, 0) is 23.6 Å². The first kappa shape index (κ1) is 16.9. The minimum atomic E-state index is -3.41. The number of halogens is 2. The summed E-state index contributed by atoms with van der Waals surface area (Å²) >= 11 is 7.27. The van der Waals surface area contributed by atoms with E-state index in [0.29, 0.717) is 47.5 Å². The van der Waals surface area contributed by atoms with Crippen molar-refractivity contribution in [1.29, 1.82) is 0 Å². The van der Waals surface area contributed by atoms with E-state index in [2.05, 4.69) is 0 Å². The lowest BCUT2D eigenvalue weighted by Gasteiger charge is -2.33. The fourth-order valence-corrected chi connectivity index (χ4v) is 5.36. The highest BCUT2D eigenvalue weighted by Crippen LogP contribution is 2.24. The number of piperazine rings is 1. The Morgan fingerprint density at radius 1 is 1.13 bits per heavy atom. The van der Waals surface area contributed by atoms with Crippen LogP contribution < -0.4 is 0 Å². The Morgan fingerprint density at radius 3 is 2.48 bits per heavy atom. The summed E-state index contributed by atoms with van der Waals surface area (Å²) in [6, 6.07) is 7.97. The first-order chi connectivity index (χ1) is 11.0. The summed E-state index contributed by atoms with van der Waals surface area (Å²) in [5.74, 6) is -0.328. The van der Waals surface area contributed by atoms with Crippen molar-refractivity contribution < 1.29 is 12.8 Å². The van der Waals surface area contributed by atoms with Crippen molar-refractivity contribution >= 4 is 33.0 Å². The normalized spacial score (nSPS) is 17.5. The average molecular weight is 375 g/mol. The summed E-state index contributed by atoms with van der Waals surface area (Å²) in [4.78, 5) is 2.02. The van der Waals surface area contributed by atoms with Gasteiger partial charge in [0.1, 0.15) is 10.0 Å². The molecule has 0 N–H and O–H groups in total. The summed E-state index contributed by atoms with van der Waals surface area (Å²) in [5.41, 5.74) is 0.462. The van der Waals surface area contributed by atoms with Crippen molar-refractivity contribution in [2.75, 3.05) is 26.2 Å². The summed E-state index contributed by atoms with van der Waals surface area (Å²) in [5, 5.41) is 2.15. The van der Waals surface area contributed by atoms with Gasteiger partial charge in [0, 0.05) is 43.3 Å². The monoisotopic (exact) mass is 374 g/mol. The SMILES string of the molecule is O=S(=O)(c1cccs1)N1CCN(Cc2c(F)cccc2Cl)CC1. The van der Waals surface area contributed by atoms with Crippen LogP contribution in [0.4, 0.5) is 4.39 Å². The van der Waals surface area contributed by atoms with E-state index in [-0.39, 0.29) is 5.82 Å². The van der Waals surface area contributed by atoms with Crippen LogP contribution in [0.15, 0.2) is 39.9 Å². The first-order valence-electron chi connectivity index (χ1n) is 7.17. The fraction of sp³-hybridized carbons (Fsp3) is 0.333. The number of sulfonamides is 1. The van der Waals surface area contributed by atoms with E-state index in [1.807, 2.05) is 4.90 Å². The molecular formula is C15H16ClFN2O2S2. The summed E-state index contributed by atoms with van der Waals surface area (Å²) in [6.45, 7) is 2.28. The largest absolute Gasteiger partial charge is 0.296 e. The van der Waals surface area contributed by atoms with Gasteiger partial charge in [0.25, 0.3) is 10.0 Å². The molecule has 3 rings (SSSR count). The van der Waals surface area contributed by atoms with Crippen molar-refractivity contribution in [3.05, 3.63) is 52.1 Å². The van der Waals surface area contributed by atoms with Gasteiger partial charge in [-0.2, -0.15) is 4.31 Å². The number of hydrogen-bond donors (Lipinski definition) is 0. The molecule has 8 heteroatoms. The zero-order valence-electron chi connectivity index (χ0n) is 12.3. The molecule has 1 saturated heterocycles. The molecule has 0 bridgehead atoms. The Balaban J connectivity index is 1.65. The van der Waals surface area contributed by atoms with Crippen LogP contribution in [0.25, 0.3) is 0 Å². The number of rotatable bonds is 4. The smallest absolute Gasteiger partial charge is 0.252 e. The maximum atomic E-state index is 13.8. The fourth-order valence-electron chi connectivity index (χ4n) is 2.57. The van der Waals surface area contributed by atoms with Gasteiger partial charge < -0.3 is 0 Å². The molecule has 0 spiro atoms. The molecule has 2 aromatic rings. The van der Waals surface area contributed by atoms with Crippen molar-refractivity contribution in [1.82, 2.24) is 9.21 Å². The molecule has 0 aliphatic carbocycles. The molecule has 1 aromatic heterocycles. The molecule has 0 saturated carbocycles. The van der Waals surface area contributed by atoms with Crippen LogP contribution in [0, 0.1) is 5.82 Å². The van der Waals surface area contributed by atoms with Gasteiger partial charge in [0.15, 0.2) is 0 Å². The topological polar surface area (TPSA) is 40.6 Å². The number of thiophene rings is 1. The van der Waals surface area contributed by atoms with Gasteiger partial charge in [-0.15, -0.1) is 11.3 Å². The predicted molar refractivity (Wildman–Crippen MR) is 89.8 cm³/mol. The lowest BCUT2D eigenvalue weighted by Crippen LogP contribution is -2.48. The zero-order chi connectivity index (χ0) is 16.4. The van der Waals surface area contributed by atoms with Gasteiger partial charge in [0.2, 0.25) is 0 Å². The Labute approximate surface area is 144 Å². The summed E-state index contributed by atoms with van der Waals surface area (Å²) in [6.07, 6.45) is 0. The molecule has 1 aliphatic heterocycles. The maximum Gasteiger partial charge on any atom is 0.252 e. The van der Waals surface area contributed by atoms with E-state index < -0.39 is 10.0 Å². The molecule has 23 heavy (non-hydrogen) atoms. The highest BCUT2D eigenvalue weighted by molar-refractivity contribution is 7.91. The Morgan fingerprint density at radius 2 is 1.87 bits per heavy atom. The molecule has 1 fully saturated rings. The Hall–Kier alpha value is -0.990. The van der Waals surface area contributed by atoms with E-state index in [1.165, 1.54) is 21.7 Å². The van der Waals surface area contributed by atoms with Gasteiger partial charge >= 0.3 is 0 Å². The summed E-state index contributed by atoms with van der Waals surface area (Å²) < 4.78 is 40.6. The zero-order valence-corrected chi connectivity index (χ0v) is 14.7. The second-order valence-electron chi connectivity index (χ2n) is 5.31. The Kier molecular flexibility index (Phi) is 5.03. The van der Waals surface area contributed by atoms with Crippen LogP contribution in [-0.4, -0.2) is 43.8 Å². The first-order valence-corrected chi connectivity index (χ1v) is 9.87. The summed E-state index contributed by atoms with van der Waals surface area (Å²) in [7, 11) is -3.41. The van der Waals surface area contributed by atoms with E-state index in [1.54, 1.807) is 29.6 Å². The lowest BCUT2D eigenvalue weighted by atomic mass is 10.2. The third-order valence-electron chi connectivity index (χ3n) is 3.86. The third kappa shape index (κ3) is 3.59. The molecule has 0 radical (unpaired) electrons. The van der Waals surface area contributed by atoms with Gasteiger partial charge in [-0.25, -0.2) is 12.8 Å². The Bertz CT molecular complexity index is 753. The molecule has 2 heterocycles. The highest BCUT2D eigenvalue weighted by atomic mass is 35.5. The second kappa shape index (κ2) is 6.86. The minimum absolute atomic E-state index is 0.328.